The van der Waals surface area contributed by atoms with Crippen LogP contribution in [-0.4, -0.2) is 37.0 Å². The highest BCUT2D eigenvalue weighted by molar-refractivity contribution is 7.89. The third kappa shape index (κ3) is 3.25. The first-order valence-corrected chi connectivity index (χ1v) is 8.03. The van der Waals surface area contributed by atoms with Crippen LogP contribution in [0.2, 0.25) is 0 Å². The van der Waals surface area contributed by atoms with Gasteiger partial charge < -0.3 is 5.32 Å². The van der Waals surface area contributed by atoms with Crippen LogP contribution >= 0.6 is 0 Å². The second-order valence-electron chi connectivity index (χ2n) is 5.08. The summed E-state index contributed by atoms with van der Waals surface area (Å²) < 4.78 is 25.4. The molecule has 0 atom stereocenters. The van der Waals surface area contributed by atoms with E-state index in [-0.39, 0.29) is 4.90 Å². The maximum absolute atomic E-state index is 12.1. The molecule has 1 aromatic carbocycles. The molecule has 0 radical (unpaired) electrons. The molecular formula is C14H20N4O2S. The monoisotopic (exact) mass is 308 g/mol. The van der Waals surface area contributed by atoms with Gasteiger partial charge >= 0.3 is 0 Å². The van der Waals surface area contributed by atoms with Crippen molar-refractivity contribution in [3.63, 3.8) is 0 Å². The summed E-state index contributed by atoms with van der Waals surface area (Å²) in [7, 11) is -0.370. The fraction of sp³-hybridized carbons (Fsp3) is 0.357. The van der Waals surface area contributed by atoms with E-state index in [0.717, 1.165) is 22.6 Å². The Hall–Kier alpha value is -1.86. The quantitative estimate of drug-likeness (QED) is 0.884. The topological polar surface area (TPSA) is 78.1 Å². The number of hydrogen-bond acceptors (Lipinski definition) is 4. The molecule has 7 heteroatoms. The number of rotatable bonds is 5. The van der Waals surface area contributed by atoms with Crippen molar-refractivity contribution in [2.24, 2.45) is 0 Å². The standard InChI is InChI=1S/C14H20N4O2S/c1-10-14(11(2)17-16-10)9-15-12-6-5-7-13(8-12)21(19,20)18(3)4/h5-8,15H,9H2,1-4H3,(H,16,17). The van der Waals surface area contributed by atoms with Crippen LogP contribution in [0.1, 0.15) is 17.0 Å². The number of anilines is 1. The second-order valence-corrected chi connectivity index (χ2v) is 7.23. The van der Waals surface area contributed by atoms with Crippen molar-refractivity contribution in [3.8, 4) is 0 Å². The molecule has 2 N–H and O–H groups in total. The van der Waals surface area contributed by atoms with Crippen molar-refractivity contribution >= 4 is 15.7 Å². The van der Waals surface area contributed by atoms with Gasteiger partial charge in [0, 0.05) is 37.6 Å². The van der Waals surface area contributed by atoms with Crippen molar-refractivity contribution in [1.29, 1.82) is 0 Å². The number of benzene rings is 1. The number of sulfonamides is 1. The van der Waals surface area contributed by atoms with Crippen LogP contribution in [0, 0.1) is 13.8 Å². The Morgan fingerprint density at radius 1 is 1.29 bits per heavy atom. The average molecular weight is 308 g/mol. The summed E-state index contributed by atoms with van der Waals surface area (Å²) in [6, 6.07) is 6.81. The Bertz CT molecular complexity index is 716. The van der Waals surface area contributed by atoms with Gasteiger partial charge in [-0.15, -0.1) is 0 Å². The van der Waals surface area contributed by atoms with Gasteiger partial charge in [-0.3, -0.25) is 5.10 Å². The van der Waals surface area contributed by atoms with Crippen LogP contribution in [0.3, 0.4) is 0 Å². The molecule has 0 amide bonds. The van der Waals surface area contributed by atoms with E-state index in [0.29, 0.717) is 6.54 Å². The van der Waals surface area contributed by atoms with Crippen molar-refractivity contribution in [1.82, 2.24) is 14.5 Å². The molecule has 1 heterocycles. The highest BCUT2D eigenvalue weighted by Crippen LogP contribution is 2.19. The van der Waals surface area contributed by atoms with Gasteiger partial charge in [-0.1, -0.05) is 6.07 Å². The van der Waals surface area contributed by atoms with E-state index >= 15 is 0 Å². The zero-order valence-electron chi connectivity index (χ0n) is 12.6. The molecule has 2 aromatic rings. The fourth-order valence-corrected chi connectivity index (χ4v) is 2.95. The molecule has 0 saturated heterocycles. The normalized spacial score (nSPS) is 11.9. The first-order valence-electron chi connectivity index (χ1n) is 6.59. The number of aromatic nitrogens is 2. The van der Waals surface area contributed by atoms with Crippen LogP contribution in [0.15, 0.2) is 29.2 Å². The van der Waals surface area contributed by atoms with Gasteiger partial charge in [0.05, 0.1) is 10.6 Å². The van der Waals surface area contributed by atoms with Gasteiger partial charge in [0.1, 0.15) is 0 Å². The lowest BCUT2D eigenvalue weighted by atomic mass is 10.2. The number of aromatic amines is 1. The molecule has 0 aliphatic carbocycles. The maximum Gasteiger partial charge on any atom is 0.242 e. The van der Waals surface area contributed by atoms with Crippen LogP contribution in [0.25, 0.3) is 0 Å². The van der Waals surface area contributed by atoms with Gasteiger partial charge in [0.2, 0.25) is 10.0 Å². The largest absolute Gasteiger partial charge is 0.381 e. The molecule has 1 aromatic heterocycles. The molecule has 0 saturated carbocycles. The van der Waals surface area contributed by atoms with E-state index in [4.69, 9.17) is 0 Å². The third-order valence-corrected chi connectivity index (χ3v) is 5.17. The fourth-order valence-electron chi connectivity index (χ4n) is 2.00. The summed E-state index contributed by atoms with van der Waals surface area (Å²) >= 11 is 0. The lowest BCUT2D eigenvalue weighted by Crippen LogP contribution is -2.22. The van der Waals surface area contributed by atoms with E-state index in [9.17, 15) is 8.42 Å². The van der Waals surface area contributed by atoms with Crippen LogP contribution < -0.4 is 5.32 Å². The zero-order chi connectivity index (χ0) is 15.6. The molecular weight excluding hydrogens is 288 g/mol. The molecule has 0 unspecified atom stereocenters. The maximum atomic E-state index is 12.1. The van der Waals surface area contributed by atoms with E-state index in [2.05, 4.69) is 15.5 Å². The number of H-pyrrole nitrogens is 1. The van der Waals surface area contributed by atoms with E-state index in [1.54, 1.807) is 18.2 Å². The Labute approximate surface area is 125 Å². The predicted octanol–water partition coefficient (Wildman–Crippen LogP) is 1.89. The zero-order valence-corrected chi connectivity index (χ0v) is 13.5. The lowest BCUT2D eigenvalue weighted by Gasteiger charge is -2.13. The smallest absolute Gasteiger partial charge is 0.242 e. The van der Waals surface area contributed by atoms with E-state index in [1.165, 1.54) is 18.4 Å². The van der Waals surface area contributed by atoms with Gasteiger partial charge in [-0.2, -0.15) is 5.10 Å². The van der Waals surface area contributed by atoms with Gasteiger partial charge in [0.15, 0.2) is 0 Å². The Kier molecular flexibility index (Phi) is 4.34. The molecule has 0 aliphatic heterocycles. The first-order chi connectivity index (χ1) is 9.82. The summed E-state index contributed by atoms with van der Waals surface area (Å²) in [5.41, 5.74) is 3.81. The predicted molar refractivity (Wildman–Crippen MR) is 82.7 cm³/mol. The van der Waals surface area contributed by atoms with Crippen molar-refractivity contribution in [2.45, 2.75) is 25.3 Å². The van der Waals surface area contributed by atoms with E-state index < -0.39 is 10.0 Å². The third-order valence-electron chi connectivity index (χ3n) is 3.36. The summed E-state index contributed by atoms with van der Waals surface area (Å²) in [6.45, 7) is 4.50. The van der Waals surface area contributed by atoms with Crippen LogP contribution in [-0.2, 0) is 16.6 Å². The summed E-state index contributed by atoms with van der Waals surface area (Å²) in [6.07, 6.45) is 0. The summed E-state index contributed by atoms with van der Waals surface area (Å²) in [4.78, 5) is 0.276. The van der Waals surface area contributed by atoms with Crippen molar-refractivity contribution < 1.29 is 8.42 Å². The Morgan fingerprint density at radius 3 is 2.57 bits per heavy atom. The van der Waals surface area contributed by atoms with Crippen LogP contribution in [0.4, 0.5) is 5.69 Å². The van der Waals surface area contributed by atoms with Gasteiger partial charge in [0.25, 0.3) is 0 Å². The Morgan fingerprint density at radius 2 is 2.00 bits per heavy atom. The van der Waals surface area contributed by atoms with Crippen molar-refractivity contribution in [2.75, 3.05) is 19.4 Å². The Balaban J connectivity index is 2.20. The number of aryl methyl sites for hydroxylation is 2. The van der Waals surface area contributed by atoms with Crippen LogP contribution in [0.5, 0.6) is 0 Å². The second kappa shape index (κ2) is 5.87. The minimum Gasteiger partial charge on any atom is -0.381 e. The minimum absolute atomic E-state index is 0.276. The minimum atomic E-state index is -3.41. The number of nitrogens with zero attached hydrogens (tertiary/aromatic N) is 2. The van der Waals surface area contributed by atoms with Gasteiger partial charge in [-0.05, 0) is 32.0 Å². The number of hydrogen-bond donors (Lipinski definition) is 2. The average Bonchev–Trinajstić information content (AvgIpc) is 2.76. The first kappa shape index (κ1) is 15.5. The molecule has 2 rings (SSSR count). The molecule has 0 spiro atoms. The molecule has 6 nitrogen and oxygen atoms in total. The summed E-state index contributed by atoms with van der Waals surface area (Å²) in [5.74, 6) is 0. The molecule has 0 bridgehead atoms. The molecule has 114 valence electrons. The number of nitrogens with one attached hydrogen (secondary N) is 2. The van der Waals surface area contributed by atoms with E-state index in [1.807, 2.05) is 19.9 Å². The molecule has 0 fully saturated rings. The van der Waals surface area contributed by atoms with Crippen molar-refractivity contribution in [3.05, 3.63) is 41.2 Å². The molecule has 0 aliphatic rings. The lowest BCUT2D eigenvalue weighted by molar-refractivity contribution is 0.521. The SMILES string of the molecule is Cc1n[nH]c(C)c1CNc1cccc(S(=O)(=O)N(C)C)c1. The summed E-state index contributed by atoms with van der Waals surface area (Å²) in [5, 5.41) is 10.3. The highest BCUT2D eigenvalue weighted by atomic mass is 32.2. The van der Waals surface area contributed by atoms with Gasteiger partial charge in [-0.25, -0.2) is 12.7 Å². The highest BCUT2D eigenvalue weighted by Gasteiger charge is 2.17. The molecule has 21 heavy (non-hydrogen) atoms.